The summed E-state index contributed by atoms with van der Waals surface area (Å²) in [4.78, 5) is 11.3. The van der Waals surface area contributed by atoms with E-state index in [0.717, 1.165) is 29.5 Å². The molecule has 0 saturated heterocycles. The molecular weight excluding hydrogens is 352 g/mol. The minimum absolute atomic E-state index is 0.0777. The molecule has 1 aliphatic carbocycles. The van der Waals surface area contributed by atoms with E-state index >= 15 is 0 Å². The van der Waals surface area contributed by atoms with E-state index in [-0.39, 0.29) is 16.4 Å². The number of ether oxygens (including phenoxy) is 1. The Morgan fingerprint density at radius 3 is 2.25 bits per heavy atom. The van der Waals surface area contributed by atoms with Gasteiger partial charge in [0, 0.05) is 5.39 Å². The molecule has 0 unspecified atom stereocenters. The number of hydrogen-bond acceptors (Lipinski definition) is 3. The monoisotopic (exact) mass is 378 g/mol. The first-order valence-electron chi connectivity index (χ1n) is 9.63. The highest BCUT2D eigenvalue weighted by Gasteiger charge is 2.38. The summed E-state index contributed by atoms with van der Waals surface area (Å²) in [5.74, 6) is 0.526. The first kappa shape index (κ1) is 18.6. The molecule has 28 heavy (non-hydrogen) atoms. The van der Waals surface area contributed by atoms with Crippen molar-refractivity contribution in [3.8, 4) is 17.1 Å². The van der Waals surface area contributed by atoms with Gasteiger partial charge in [0.05, 0.1) is 18.2 Å². The van der Waals surface area contributed by atoms with Crippen molar-refractivity contribution >= 4 is 16.9 Å². The van der Waals surface area contributed by atoms with Crippen molar-refractivity contribution in [2.75, 3.05) is 7.11 Å². The average molecular weight is 378 g/mol. The maximum absolute atomic E-state index is 11.3. The molecule has 2 aromatic carbocycles. The van der Waals surface area contributed by atoms with Gasteiger partial charge in [0.15, 0.2) is 0 Å². The molecule has 0 atom stereocenters. The predicted molar refractivity (Wildman–Crippen MR) is 110 cm³/mol. The highest BCUT2D eigenvalue weighted by Crippen LogP contribution is 2.49. The highest BCUT2D eigenvalue weighted by molar-refractivity contribution is 5.94. The van der Waals surface area contributed by atoms with Gasteiger partial charge in [-0.1, -0.05) is 27.7 Å². The zero-order chi connectivity index (χ0) is 20.3. The lowest BCUT2D eigenvalue weighted by Gasteiger charge is -2.42. The summed E-state index contributed by atoms with van der Waals surface area (Å²) >= 11 is 0. The molecule has 0 amide bonds. The zero-order valence-electron chi connectivity index (χ0n) is 17.1. The number of carboxylic acids is 1. The van der Waals surface area contributed by atoms with Crippen molar-refractivity contribution in [3.05, 3.63) is 53.1 Å². The third-order valence-electron chi connectivity index (χ3n) is 6.20. The van der Waals surface area contributed by atoms with Gasteiger partial charge < -0.3 is 14.3 Å². The average Bonchev–Trinajstić information content (AvgIpc) is 3.07. The summed E-state index contributed by atoms with van der Waals surface area (Å²) in [6, 6.07) is 11.2. The lowest BCUT2D eigenvalue weighted by Crippen LogP contribution is -2.33. The fourth-order valence-electron chi connectivity index (χ4n) is 4.26. The van der Waals surface area contributed by atoms with Crippen LogP contribution in [0.15, 0.2) is 40.8 Å². The Morgan fingerprint density at radius 1 is 1.00 bits per heavy atom. The second-order valence-electron chi connectivity index (χ2n) is 9.03. The Labute approximate surface area is 165 Å². The first-order chi connectivity index (χ1) is 13.1. The van der Waals surface area contributed by atoms with Gasteiger partial charge in [-0.05, 0) is 71.2 Å². The topological polar surface area (TPSA) is 59.7 Å². The molecule has 1 aliphatic rings. The highest BCUT2D eigenvalue weighted by atomic mass is 16.5. The Bertz CT molecular complexity index is 1090. The summed E-state index contributed by atoms with van der Waals surface area (Å²) < 4.78 is 11.8. The Hall–Kier alpha value is -2.75. The van der Waals surface area contributed by atoms with Gasteiger partial charge in [-0.25, -0.2) is 4.79 Å². The number of carbonyl (C=O) groups is 1. The summed E-state index contributed by atoms with van der Waals surface area (Å²) in [5, 5.41) is 10.0. The van der Waals surface area contributed by atoms with E-state index in [1.165, 1.54) is 11.1 Å². The summed E-state index contributed by atoms with van der Waals surface area (Å²) in [6.07, 6.45) is 2.26. The van der Waals surface area contributed by atoms with E-state index < -0.39 is 5.97 Å². The van der Waals surface area contributed by atoms with Crippen molar-refractivity contribution in [2.24, 2.45) is 0 Å². The first-order valence-corrected chi connectivity index (χ1v) is 9.63. The van der Waals surface area contributed by atoms with Gasteiger partial charge in [0.1, 0.15) is 17.1 Å². The molecule has 4 nitrogen and oxygen atoms in total. The van der Waals surface area contributed by atoms with E-state index in [4.69, 9.17) is 9.15 Å². The minimum atomic E-state index is -0.944. The van der Waals surface area contributed by atoms with Crippen LogP contribution in [0.4, 0.5) is 0 Å². The SMILES string of the molecule is COc1cc2c(cc1-c1cc3cc(C(=O)O)ccc3o1)C(C)(C)CCC2(C)C. The smallest absolute Gasteiger partial charge is 0.335 e. The molecule has 1 N–H and O–H groups in total. The standard InChI is InChI=1S/C24H26O4/c1-23(2)8-9-24(3,4)18-13-20(27-5)16(12-17(18)23)21-11-15-10-14(22(25)26)6-7-19(15)28-21/h6-7,10-13H,8-9H2,1-5H3,(H,25,26). The number of rotatable bonds is 3. The van der Waals surface area contributed by atoms with Crippen LogP contribution in [0.3, 0.4) is 0 Å². The van der Waals surface area contributed by atoms with Crippen LogP contribution in [-0.2, 0) is 10.8 Å². The number of fused-ring (bicyclic) bond motifs is 2. The molecule has 1 aromatic heterocycles. The number of furan rings is 1. The van der Waals surface area contributed by atoms with E-state index in [2.05, 4.69) is 39.8 Å². The minimum Gasteiger partial charge on any atom is -0.496 e. The van der Waals surface area contributed by atoms with Gasteiger partial charge in [-0.2, -0.15) is 0 Å². The molecule has 1 heterocycles. The number of methoxy groups -OCH3 is 1. The van der Waals surface area contributed by atoms with Gasteiger partial charge in [-0.15, -0.1) is 0 Å². The Morgan fingerprint density at radius 2 is 1.64 bits per heavy atom. The number of aromatic carboxylic acids is 1. The van der Waals surface area contributed by atoms with Crippen LogP contribution >= 0.6 is 0 Å². The maximum Gasteiger partial charge on any atom is 0.335 e. The molecule has 0 radical (unpaired) electrons. The second-order valence-corrected chi connectivity index (χ2v) is 9.03. The van der Waals surface area contributed by atoms with E-state index in [1.54, 1.807) is 25.3 Å². The van der Waals surface area contributed by atoms with Crippen LogP contribution in [0, 0.1) is 0 Å². The van der Waals surface area contributed by atoms with Crippen LogP contribution in [-0.4, -0.2) is 18.2 Å². The summed E-state index contributed by atoms with van der Waals surface area (Å²) in [5.41, 5.74) is 4.65. The Kier molecular flexibility index (Phi) is 4.07. The van der Waals surface area contributed by atoms with Crippen LogP contribution < -0.4 is 4.74 Å². The van der Waals surface area contributed by atoms with Crippen molar-refractivity contribution in [2.45, 2.75) is 51.4 Å². The van der Waals surface area contributed by atoms with Gasteiger partial charge >= 0.3 is 5.97 Å². The molecule has 0 aliphatic heterocycles. The molecule has 0 saturated carbocycles. The maximum atomic E-state index is 11.3. The number of hydrogen-bond donors (Lipinski definition) is 1. The summed E-state index contributed by atoms with van der Waals surface area (Å²) in [6.45, 7) is 9.15. The van der Waals surface area contributed by atoms with Crippen LogP contribution in [0.5, 0.6) is 5.75 Å². The quantitative estimate of drug-likeness (QED) is 0.593. The Balaban J connectivity index is 1.93. The molecular formula is C24H26O4. The van der Waals surface area contributed by atoms with Crippen LogP contribution in [0.25, 0.3) is 22.3 Å². The molecule has 0 fully saturated rings. The molecule has 3 aromatic rings. The fourth-order valence-corrected chi connectivity index (χ4v) is 4.26. The molecule has 0 bridgehead atoms. The molecule has 0 spiro atoms. The van der Waals surface area contributed by atoms with Crippen molar-refractivity contribution in [1.29, 1.82) is 0 Å². The van der Waals surface area contributed by atoms with Crippen molar-refractivity contribution in [1.82, 2.24) is 0 Å². The summed E-state index contributed by atoms with van der Waals surface area (Å²) in [7, 11) is 1.68. The van der Waals surface area contributed by atoms with Gasteiger partial charge in [0.2, 0.25) is 0 Å². The van der Waals surface area contributed by atoms with Gasteiger partial charge in [0.25, 0.3) is 0 Å². The van der Waals surface area contributed by atoms with Crippen molar-refractivity contribution < 1.29 is 19.1 Å². The van der Waals surface area contributed by atoms with Crippen LogP contribution in [0.2, 0.25) is 0 Å². The zero-order valence-corrected chi connectivity index (χ0v) is 17.1. The predicted octanol–water partition coefficient (Wildman–Crippen LogP) is 6.16. The lowest BCUT2D eigenvalue weighted by molar-refractivity contribution is 0.0697. The number of carboxylic acid groups (broad SMARTS) is 1. The lowest BCUT2D eigenvalue weighted by atomic mass is 9.63. The second kappa shape index (κ2) is 6.13. The number of benzene rings is 2. The van der Waals surface area contributed by atoms with E-state index in [0.29, 0.717) is 11.3 Å². The van der Waals surface area contributed by atoms with Gasteiger partial charge in [-0.3, -0.25) is 0 Å². The molecule has 4 rings (SSSR count). The van der Waals surface area contributed by atoms with Crippen LogP contribution in [0.1, 0.15) is 62.0 Å². The van der Waals surface area contributed by atoms with Crippen molar-refractivity contribution in [3.63, 3.8) is 0 Å². The molecule has 4 heteroatoms. The normalized spacial score (nSPS) is 17.3. The third kappa shape index (κ3) is 2.88. The third-order valence-corrected chi connectivity index (χ3v) is 6.20. The van der Waals surface area contributed by atoms with E-state index in [1.807, 2.05) is 6.07 Å². The fraction of sp³-hybridized carbons (Fsp3) is 0.375. The van der Waals surface area contributed by atoms with E-state index in [9.17, 15) is 9.90 Å². The molecule has 146 valence electrons. The largest absolute Gasteiger partial charge is 0.496 e.